The highest BCUT2D eigenvalue weighted by Crippen LogP contribution is 2.44. The number of amides is 2. The minimum absolute atomic E-state index is 0.0104. The van der Waals surface area contributed by atoms with Gasteiger partial charge in [0, 0.05) is 22.0 Å². The molecule has 0 fully saturated rings. The lowest BCUT2D eigenvalue weighted by atomic mass is 9.90. The Labute approximate surface area is 178 Å². The fourth-order valence-electron chi connectivity index (χ4n) is 3.96. The van der Waals surface area contributed by atoms with Gasteiger partial charge in [-0.1, -0.05) is 13.8 Å². The summed E-state index contributed by atoms with van der Waals surface area (Å²) >= 11 is 0. The number of nitrogens with two attached hydrogens (primary N) is 2. The van der Waals surface area contributed by atoms with E-state index in [4.69, 9.17) is 21.0 Å². The van der Waals surface area contributed by atoms with E-state index in [0.29, 0.717) is 0 Å². The molecule has 0 aliphatic heterocycles. The minimum Gasteiger partial charge on any atom is -0.394 e. The van der Waals surface area contributed by atoms with E-state index in [1.165, 1.54) is 6.08 Å². The summed E-state index contributed by atoms with van der Waals surface area (Å²) < 4.78 is 3.98. The van der Waals surface area contributed by atoms with Crippen LogP contribution in [0.3, 0.4) is 0 Å². The van der Waals surface area contributed by atoms with Crippen LogP contribution >= 0.6 is 0 Å². The Morgan fingerprint density at radius 1 is 1.30 bits per heavy atom. The van der Waals surface area contributed by atoms with E-state index < -0.39 is 16.9 Å². The predicted octanol–water partition coefficient (Wildman–Crippen LogP) is 1.23. The Bertz CT molecular complexity index is 939. The summed E-state index contributed by atoms with van der Waals surface area (Å²) in [6, 6.07) is -0.553. The van der Waals surface area contributed by atoms with Crippen molar-refractivity contribution in [3.8, 4) is 0 Å². The number of carbonyl (C=O) groups excluding carboxylic acids is 1. The predicted molar refractivity (Wildman–Crippen MR) is 119 cm³/mol. The summed E-state index contributed by atoms with van der Waals surface area (Å²) in [5.41, 5.74) is 11.4. The molecule has 2 aliphatic carbocycles. The van der Waals surface area contributed by atoms with Crippen molar-refractivity contribution in [1.29, 1.82) is 0 Å². The third-order valence-electron chi connectivity index (χ3n) is 5.51. The summed E-state index contributed by atoms with van der Waals surface area (Å²) in [7, 11) is -1.38. The number of aryl methyl sites for hydroxylation is 1. The van der Waals surface area contributed by atoms with E-state index in [-0.39, 0.29) is 35.9 Å². The monoisotopic (exact) mass is 434 g/mol. The normalized spacial score (nSPS) is 19.0. The molecule has 1 unspecified atom stereocenters. The Morgan fingerprint density at radius 3 is 2.77 bits per heavy atom. The first-order chi connectivity index (χ1) is 14.3. The topological polar surface area (TPSA) is 159 Å². The first kappa shape index (κ1) is 22.5. The van der Waals surface area contributed by atoms with Gasteiger partial charge in [0.2, 0.25) is 0 Å². The fourth-order valence-corrected chi connectivity index (χ4v) is 4.55. The highest BCUT2D eigenvalue weighted by Gasteiger charge is 2.36. The van der Waals surface area contributed by atoms with Crippen LogP contribution < -0.4 is 16.2 Å². The number of urea groups is 1. The van der Waals surface area contributed by atoms with E-state index >= 15 is 0 Å². The van der Waals surface area contributed by atoms with E-state index in [0.717, 1.165) is 60.3 Å². The number of aliphatic hydroxyl groups is 2. The summed E-state index contributed by atoms with van der Waals surface area (Å²) in [5, 5.41) is 27.2. The Morgan fingerprint density at radius 2 is 2.07 bits per heavy atom. The number of aliphatic imine (C=N–C) groups is 1. The molecule has 1 aromatic rings. The maximum Gasteiger partial charge on any atom is 0.352 e. The summed E-state index contributed by atoms with van der Waals surface area (Å²) in [4.78, 5) is 21.6. The van der Waals surface area contributed by atoms with Crippen molar-refractivity contribution in [3.63, 3.8) is 0 Å². The maximum atomic E-state index is 12.6. The molecule has 2 amide bonds. The van der Waals surface area contributed by atoms with Gasteiger partial charge in [-0.05, 0) is 49.3 Å². The fraction of sp³-hybridized carbons (Fsp3) is 0.550. The Kier molecular flexibility index (Phi) is 7.02. The highest BCUT2D eigenvalue weighted by atomic mass is 32.2. The van der Waals surface area contributed by atoms with Crippen LogP contribution in [0.5, 0.6) is 0 Å². The maximum absolute atomic E-state index is 12.6. The number of nitrogens with zero attached hydrogens (tertiary/aromatic N) is 3. The number of hydrogen-bond acceptors (Lipinski definition) is 6. The average Bonchev–Trinajstić information content (AvgIpc) is 3.29. The van der Waals surface area contributed by atoms with Gasteiger partial charge in [-0.15, -0.1) is 0 Å². The molecule has 1 heterocycles. The van der Waals surface area contributed by atoms with Gasteiger partial charge in [0.15, 0.2) is 0 Å². The van der Waals surface area contributed by atoms with E-state index in [1.54, 1.807) is 0 Å². The molecule has 0 radical (unpaired) electrons. The van der Waals surface area contributed by atoms with Crippen LogP contribution in [-0.2, 0) is 35.6 Å². The van der Waals surface area contributed by atoms with Gasteiger partial charge < -0.3 is 21.3 Å². The molecule has 1 aromatic heterocycles. The minimum atomic E-state index is -1.38. The van der Waals surface area contributed by atoms with Gasteiger partial charge in [-0.25, -0.2) is 4.79 Å². The number of anilines is 1. The number of aromatic nitrogens is 1. The van der Waals surface area contributed by atoms with Crippen LogP contribution in [0.25, 0.3) is 0 Å². The van der Waals surface area contributed by atoms with Crippen molar-refractivity contribution in [2.24, 2.45) is 20.2 Å². The molecular weight excluding hydrogens is 404 g/mol. The lowest BCUT2D eigenvalue weighted by Crippen LogP contribution is -2.20. The van der Waals surface area contributed by atoms with Gasteiger partial charge in [0.25, 0.3) is 0 Å². The van der Waals surface area contributed by atoms with Gasteiger partial charge in [0.1, 0.15) is 0 Å². The van der Waals surface area contributed by atoms with Crippen LogP contribution in [0.4, 0.5) is 10.5 Å². The smallest absolute Gasteiger partial charge is 0.352 e. The second kappa shape index (κ2) is 9.34. The van der Waals surface area contributed by atoms with E-state index in [1.807, 2.05) is 0 Å². The molecule has 0 bridgehead atoms. The van der Waals surface area contributed by atoms with Crippen LogP contribution in [0.2, 0.25) is 0 Å². The molecule has 0 spiro atoms. The average molecular weight is 435 g/mol. The largest absolute Gasteiger partial charge is 0.394 e. The molecule has 0 aromatic carbocycles. The van der Waals surface area contributed by atoms with Crippen molar-refractivity contribution in [2.75, 3.05) is 25.1 Å². The summed E-state index contributed by atoms with van der Waals surface area (Å²) in [6.45, 7) is 4.02. The molecule has 2 aliphatic rings. The lowest BCUT2D eigenvalue weighted by molar-refractivity contribution is 0.260. The Hall–Kier alpha value is -2.14. The zero-order valence-electron chi connectivity index (χ0n) is 17.4. The summed E-state index contributed by atoms with van der Waals surface area (Å²) in [5.74, 6) is 0. The quantitative estimate of drug-likeness (QED) is 0.423. The van der Waals surface area contributed by atoms with Crippen molar-refractivity contribution in [3.05, 3.63) is 33.6 Å². The molecule has 7 N–H and O–H groups in total. The van der Waals surface area contributed by atoms with Crippen LogP contribution in [0, 0.1) is 0 Å². The molecule has 164 valence electrons. The number of aliphatic hydroxyl groups excluding tert-OH is 2. The number of hydrogen-bond donors (Lipinski definition) is 5. The summed E-state index contributed by atoms with van der Waals surface area (Å²) in [6.07, 6.45) is 6.09. The molecule has 1 atom stereocenters. The van der Waals surface area contributed by atoms with E-state index in [9.17, 15) is 9.90 Å². The van der Waals surface area contributed by atoms with Crippen LogP contribution in [0.15, 0.2) is 20.5 Å². The van der Waals surface area contributed by atoms with Gasteiger partial charge >= 0.3 is 6.03 Å². The van der Waals surface area contributed by atoms with Gasteiger partial charge in [-0.2, -0.15) is 4.36 Å². The van der Waals surface area contributed by atoms with Crippen molar-refractivity contribution in [2.45, 2.75) is 51.4 Å². The highest BCUT2D eigenvalue weighted by molar-refractivity contribution is 7.89. The zero-order valence-corrected chi connectivity index (χ0v) is 18.3. The van der Waals surface area contributed by atoms with Crippen molar-refractivity contribution < 1.29 is 15.0 Å². The Balaban J connectivity index is 1.85. The first-order valence-corrected chi connectivity index (χ1v) is 11.3. The molecule has 30 heavy (non-hydrogen) atoms. The van der Waals surface area contributed by atoms with Crippen molar-refractivity contribution in [1.82, 2.24) is 4.98 Å². The number of nitrogens with one attached hydrogen (secondary N) is 1. The van der Waals surface area contributed by atoms with Gasteiger partial charge in [-0.3, -0.25) is 15.1 Å². The molecule has 0 saturated heterocycles. The van der Waals surface area contributed by atoms with Crippen molar-refractivity contribution >= 4 is 28.3 Å². The molecule has 9 nitrogen and oxygen atoms in total. The number of fused-ring (bicyclic) bond motifs is 2. The number of carbonyl (C=O) groups is 1. The second-order valence-electron chi connectivity index (χ2n) is 8.11. The first-order valence-electron chi connectivity index (χ1n) is 10.1. The molecular formula is C20H30N6O3S. The third-order valence-corrected chi connectivity index (χ3v) is 6.47. The van der Waals surface area contributed by atoms with E-state index in [2.05, 4.69) is 28.5 Å². The van der Waals surface area contributed by atoms with Crippen LogP contribution in [0.1, 0.15) is 49.2 Å². The second-order valence-corrected chi connectivity index (χ2v) is 9.40. The zero-order chi connectivity index (χ0) is 21.9. The SMILES string of the molecule is CC1(C)CCc2c1nc1c(c2NC(=O)N=S(N)/C(N)=C/C(CO)=NCCO)CCC1. The molecule has 3 rings (SSSR count). The van der Waals surface area contributed by atoms with Crippen LogP contribution in [-0.4, -0.2) is 46.7 Å². The molecule has 0 saturated carbocycles. The number of rotatable bonds is 6. The lowest BCUT2D eigenvalue weighted by Gasteiger charge is -2.20. The molecule has 10 heteroatoms. The third kappa shape index (κ3) is 4.77. The standard InChI is InChI=1S/C20H30N6O3S/c1-20(2)7-6-14-17(13-4-3-5-15(13)24-18(14)20)25-19(29)26-30(22)16(21)10-12(11-28)23-8-9-27/h10,27-28H,3-9,11,21H2,1-2H3,(H3,22,24,25,26,29)/b16-10+,23-12?. The number of pyridine rings is 1. The van der Waals surface area contributed by atoms with Gasteiger partial charge in [0.05, 0.1) is 41.9 Å².